The number of anilines is 5. The Hall–Kier alpha value is -4.88. The Morgan fingerprint density at radius 3 is 2.35 bits per heavy atom. The van der Waals surface area contributed by atoms with Crippen LogP contribution in [0.1, 0.15) is 19.4 Å². The summed E-state index contributed by atoms with van der Waals surface area (Å²) >= 11 is 0. The average Bonchev–Trinajstić information content (AvgIpc) is 3.31. The topological polar surface area (TPSA) is 117 Å². The minimum absolute atomic E-state index is 0.0630. The Bertz CT molecular complexity index is 1500. The highest BCUT2D eigenvalue weighted by molar-refractivity contribution is 6.22. The summed E-state index contributed by atoms with van der Waals surface area (Å²) in [7, 11) is 6.79. The zero-order valence-electron chi connectivity index (χ0n) is 21.6. The van der Waals surface area contributed by atoms with E-state index in [0.717, 1.165) is 24.3 Å². The molecule has 0 aliphatic heterocycles. The van der Waals surface area contributed by atoms with Crippen LogP contribution < -0.4 is 16.0 Å². The van der Waals surface area contributed by atoms with Crippen LogP contribution >= 0.6 is 0 Å². The van der Waals surface area contributed by atoms with Crippen LogP contribution in [0.5, 0.6) is 0 Å². The highest BCUT2D eigenvalue weighted by Gasteiger charge is 2.30. The van der Waals surface area contributed by atoms with E-state index in [2.05, 4.69) is 31.0 Å². The van der Waals surface area contributed by atoms with E-state index in [1.807, 2.05) is 13.8 Å². The molecule has 4 N–H and O–H groups in total. The van der Waals surface area contributed by atoms with Crippen LogP contribution in [0.15, 0.2) is 72.8 Å². The Labute approximate surface area is 228 Å². The molecule has 2 radical (unpaired) electrons. The van der Waals surface area contributed by atoms with Gasteiger partial charge in [0.25, 0.3) is 5.91 Å². The molecule has 0 aliphatic carbocycles. The molecule has 0 spiro atoms. The number of aryl methyl sites for hydroxylation is 1. The van der Waals surface area contributed by atoms with Crippen LogP contribution in [0.2, 0.25) is 0 Å². The molecule has 2 aromatic carbocycles. The summed E-state index contributed by atoms with van der Waals surface area (Å²) in [5.41, 5.74) is -0.314. The molecule has 0 bridgehead atoms. The number of aliphatic hydroxyl groups is 1. The number of benzene rings is 2. The third-order valence-electron chi connectivity index (χ3n) is 5.04. The van der Waals surface area contributed by atoms with Gasteiger partial charge in [-0.2, -0.15) is 23.3 Å². The highest BCUT2D eigenvalue weighted by Crippen LogP contribution is 2.34. The number of carbonyl (C=O) groups is 1. The van der Waals surface area contributed by atoms with Crippen molar-refractivity contribution in [3.8, 4) is 11.1 Å². The largest absolute Gasteiger partial charge is 0.524 e. The fourth-order valence-electron chi connectivity index (χ4n) is 3.34. The highest BCUT2D eigenvalue weighted by atomic mass is 19.4. The summed E-state index contributed by atoms with van der Waals surface area (Å²) < 4.78 is 55.4. The summed E-state index contributed by atoms with van der Waals surface area (Å²) in [6.45, 7) is 4.00. The van der Waals surface area contributed by atoms with Crippen molar-refractivity contribution in [2.45, 2.75) is 20.0 Å². The standard InChI is InChI=1S/C24H18BF4N7O2.C2H6/c1-36-12-16(10-31-36)33-23-30-11-17(13-2-4-14(5-3-13)24(27,28)29)22(35-23)34-19-8-15(6-7-18(19)26)32-21(38)9-20(25)37;1-2/h2-12,37H,1H3,(H,32,38)(H2,30,33,34,35);1-2H3/b20-9+;. The zero-order valence-corrected chi connectivity index (χ0v) is 21.6. The van der Waals surface area contributed by atoms with Gasteiger partial charge in [0.15, 0.2) is 7.85 Å². The Balaban J connectivity index is 0.00000216. The molecule has 0 atom stereocenters. The normalized spacial score (nSPS) is 11.3. The maximum atomic E-state index is 14.7. The molecule has 2 aromatic heterocycles. The number of amides is 1. The molecule has 206 valence electrons. The van der Waals surface area contributed by atoms with E-state index in [0.29, 0.717) is 11.3 Å². The third-order valence-corrected chi connectivity index (χ3v) is 5.04. The third kappa shape index (κ3) is 7.82. The summed E-state index contributed by atoms with van der Waals surface area (Å²) in [4.78, 5) is 20.5. The van der Waals surface area contributed by atoms with E-state index in [1.165, 1.54) is 36.7 Å². The van der Waals surface area contributed by atoms with Crippen molar-refractivity contribution in [1.29, 1.82) is 0 Å². The number of aromatic nitrogens is 4. The van der Waals surface area contributed by atoms with Gasteiger partial charge in [0.05, 0.1) is 23.1 Å². The Morgan fingerprint density at radius 1 is 1.05 bits per heavy atom. The number of rotatable bonds is 7. The Morgan fingerprint density at radius 2 is 1.75 bits per heavy atom. The quantitative estimate of drug-likeness (QED) is 0.0952. The zero-order chi connectivity index (χ0) is 29.4. The second-order valence-electron chi connectivity index (χ2n) is 7.94. The van der Waals surface area contributed by atoms with Gasteiger partial charge in [0.2, 0.25) is 5.95 Å². The number of nitrogens with zero attached hydrogens (tertiary/aromatic N) is 4. The monoisotopic (exact) mass is 553 g/mol. The molecule has 14 heteroatoms. The smallest absolute Gasteiger partial charge is 0.416 e. The molecular formula is C26H24BF4N7O2. The number of alkyl halides is 3. The number of halogens is 4. The van der Waals surface area contributed by atoms with Crippen LogP contribution in [0, 0.1) is 5.82 Å². The van der Waals surface area contributed by atoms with Gasteiger partial charge in [-0.3, -0.25) is 9.48 Å². The fourth-order valence-corrected chi connectivity index (χ4v) is 3.34. The van der Waals surface area contributed by atoms with Gasteiger partial charge < -0.3 is 21.1 Å². The van der Waals surface area contributed by atoms with E-state index >= 15 is 0 Å². The first-order valence-electron chi connectivity index (χ1n) is 11.8. The van der Waals surface area contributed by atoms with Crippen molar-refractivity contribution in [2.75, 3.05) is 16.0 Å². The lowest BCUT2D eigenvalue weighted by Crippen LogP contribution is -2.10. The van der Waals surface area contributed by atoms with Crippen LogP contribution in [0.3, 0.4) is 0 Å². The Kier molecular flexibility index (Phi) is 9.48. The lowest BCUT2D eigenvalue weighted by Gasteiger charge is -2.15. The van der Waals surface area contributed by atoms with Crippen LogP contribution in [0.25, 0.3) is 11.1 Å². The van der Waals surface area contributed by atoms with Gasteiger partial charge in [-0.1, -0.05) is 26.0 Å². The number of aliphatic hydroxyl groups excluding tert-OH is 1. The SMILES string of the molecule is CC.[B]/C(O)=C\C(=O)Nc1ccc(F)c(Nc2nc(Nc3cnn(C)c3)ncc2-c2ccc(C(F)(F)F)cc2)c1. The van der Waals surface area contributed by atoms with E-state index in [9.17, 15) is 22.4 Å². The molecule has 4 rings (SSSR count). The minimum atomic E-state index is -4.52. The molecule has 0 fully saturated rings. The van der Waals surface area contributed by atoms with Gasteiger partial charge in [-0.25, -0.2) is 9.37 Å². The predicted octanol–water partition coefficient (Wildman–Crippen LogP) is 6.05. The lowest BCUT2D eigenvalue weighted by molar-refractivity contribution is -0.137. The molecule has 0 saturated heterocycles. The van der Waals surface area contributed by atoms with E-state index in [-0.39, 0.29) is 28.7 Å². The molecule has 0 aliphatic rings. The van der Waals surface area contributed by atoms with Gasteiger partial charge >= 0.3 is 6.18 Å². The average molecular weight is 553 g/mol. The van der Waals surface area contributed by atoms with Crippen molar-refractivity contribution in [1.82, 2.24) is 19.7 Å². The molecule has 4 aromatic rings. The van der Waals surface area contributed by atoms with Crippen LogP contribution in [-0.4, -0.2) is 38.6 Å². The number of hydrogen-bond donors (Lipinski definition) is 4. The van der Waals surface area contributed by atoms with E-state index < -0.39 is 29.1 Å². The maximum absolute atomic E-state index is 14.7. The summed E-state index contributed by atoms with van der Waals surface area (Å²) in [5, 5.41) is 21.3. The van der Waals surface area contributed by atoms with Crippen molar-refractivity contribution < 1.29 is 27.5 Å². The minimum Gasteiger partial charge on any atom is -0.524 e. The number of hydrogen-bond acceptors (Lipinski definition) is 7. The van der Waals surface area contributed by atoms with Crippen molar-refractivity contribution in [3.05, 3.63) is 84.2 Å². The number of carbonyl (C=O) groups excluding carboxylic acids is 1. The van der Waals surface area contributed by atoms with Crippen molar-refractivity contribution in [2.24, 2.45) is 7.05 Å². The molecular weight excluding hydrogens is 529 g/mol. The lowest BCUT2D eigenvalue weighted by atomic mass is 10.1. The molecule has 0 saturated carbocycles. The van der Waals surface area contributed by atoms with Crippen molar-refractivity contribution >= 4 is 42.6 Å². The molecule has 2 heterocycles. The van der Waals surface area contributed by atoms with Gasteiger partial charge in [0.1, 0.15) is 11.6 Å². The van der Waals surface area contributed by atoms with Crippen LogP contribution in [-0.2, 0) is 18.0 Å². The van der Waals surface area contributed by atoms with Gasteiger partial charge in [-0.05, 0) is 35.9 Å². The van der Waals surface area contributed by atoms with Crippen molar-refractivity contribution in [3.63, 3.8) is 0 Å². The molecule has 9 nitrogen and oxygen atoms in total. The van der Waals surface area contributed by atoms with Crippen LogP contribution in [0.4, 0.5) is 46.4 Å². The molecule has 1 amide bonds. The first-order chi connectivity index (χ1) is 19.0. The molecule has 0 unspecified atom stereocenters. The predicted molar refractivity (Wildman–Crippen MR) is 145 cm³/mol. The van der Waals surface area contributed by atoms with E-state index in [1.54, 1.807) is 17.9 Å². The second-order valence-corrected chi connectivity index (χ2v) is 7.94. The summed E-state index contributed by atoms with van der Waals surface area (Å²) in [6, 6.07) is 7.96. The fraction of sp³-hybridized carbons (Fsp3) is 0.154. The summed E-state index contributed by atoms with van der Waals surface area (Å²) in [6.07, 6.45) is 0.783. The van der Waals surface area contributed by atoms with E-state index in [4.69, 9.17) is 13.0 Å². The first kappa shape index (κ1) is 29.7. The second kappa shape index (κ2) is 12.8. The first-order valence-corrected chi connectivity index (χ1v) is 11.8. The maximum Gasteiger partial charge on any atom is 0.416 e. The van der Waals surface area contributed by atoms with Gasteiger partial charge in [-0.15, -0.1) is 0 Å². The summed E-state index contributed by atoms with van der Waals surface area (Å²) in [5.74, 6) is -1.30. The molecule has 40 heavy (non-hydrogen) atoms. The number of nitrogens with one attached hydrogen (secondary N) is 3. The van der Waals surface area contributed by atoms with Gasteiger partial charge in [0, 0.05) is 42.4 Å².